The quantitative estimate of drug-likeness (QED) is 0.580. The maximum atomic E-state index is 12.7. The average molecular weight is 353 g/mol. The topological polar surface area (TPSA) is 54.5 Å². The highest BCUT2D eigenvalue weighted by atomic mass is 16.2. The Morgan fingerprint density at radius 2 is 1.73 bits per heavy atom. The van der Waals surface area contributed by atoms with E-state index in [0.717, 1.165) is 12.0 Å². The summed E-state index contributed by atoms with van der Waals surface area (Å²) in [7, 11) is 5.58. The Morgan fingerprint density at radius 1 is 1.19 bits per heavy atom. The van der Waals surface area contributed by atoms with Crippen LogP contribution in [-0.2, 0) is 19.8 Å². The van der Waals surface area contributed by atoms with Crippen LogP contribution in [0.1, 0.15) is 59.9 Å². The van der Waals surface area contributed by atoms with Gasteiger partial charge in [-0.3, -0.25) is 14.5 Å². The van der Waals surface area contributed by atoms with Gasteiger partial charge in [0.25, 0.3) is 0 Å². The number of imide groups is 1. The van der Waals surface area contributed by atoms with Crippen LogP contribution in [0.5, 0.6) is 0 Å². The molecule has 138 valence electrons. The molecule has 2 unspecified atom stereocenters. The third-order valence-corrected chi connectivity index (χ3v) is 6.54. The molecule has 1 aromatic carbocycles. The molecular weight excluding hydrogens is 325 g/mol. The van der Waals surface area contributed by atoms with Gasteiger partial charge in [-0.2, -0.15) is 0 Å². The normalized spacial score (nSPS) is 19.8. The SMILES string of the molecule is [B]C(=O)C(C)(C)C(C)(C)c1ccc(N2C(=O)CC(C(C)CC)C2=O)cc1. The molecule has 2 rings (SSSR count). The molecule has 2 radical (unpaired) electrons. The molecule has 2 atom stereocenters. The molecule has 0 aliphatic carbocycles. The summed E-state index contributed by atoms with van der Waals surface area (Å²) in [6.45, 7) is 11.6. The lowest BCUT2D eigenvalue weighted by Gasteiger charge is -2.41. The van der Waals surface area contributed by atoms with E-state index >= 15 is 0 Å². The Bertz CT molecular complexity index is 721. The van der Waals surface area contributed by atoms with Crippen molar-refractivity contribution in [1.82, 2.24) is 0 Å². The van der Waals surface area contributed by atoms with E-state index in [4.69, 9.17) is 7.85 Å². The molecule has 0 bridgehead atoms. The first-order chi connectivity index (χ1) is 11.9. The minimum Gasteiger partial charge on any atom is -0.312 e. The fourth-order valence-electron chi connectivity index (χ4n) is 3.35. The van der Waals surface area contributed by atoms with Gasteiger partial charge >= 0.3 is 0 Å². The predicted molar refractivity (Wildman–Crippen MR) is 104 cm³/mol. The van der Waals surface area contributed by atoms with Crippen LogP contribution in [0, 0.1) is 17.3 Å². The monoisotopic (exact) mass is 353 g/mol. The third kappa shape index (κ3) is 3.24. The number of hydrogen-bond acceptors (Lipinski definition) is 3. The van der Waals surface area contributed by atoms with E-state index < -0.39 is 10.8 Å². The summed E-state index contributed by atoms with van der Waals surface area (Å²) in [5, 5.41) is 0. The van der Waals surface area contributed by atoms with Gasteiger partial charge in [-0.1, -0.05) is 60.1 Å². The van der Waals surface area contributed by atoms with Crippen LogP contribution >= 0.6 is 0 Å². The molecule has 1 aromatic rings. The highest BCUT2D eigenvalue weighted by Gasteiger charge is 2.43. The van der Waals surface area contributed by atoms with E-state index in [0.29, 0.717) is 5.69 Å². The molecule has 0 aromatic heterocycles. The average Bonchev–Trinajstić information content (AvgIpc) is 2.88. The van der Waals surface area contributed by atoms with Gasteiger partial charge in [0.2, 0.25) is 11.8 Å². The third-order valence-electron chi connectivity index (χ3n) is 6.54. The van der Waals surface area contributed by atoms with Crippen LogP contribution < -0.4 is 4.90 Å². The molecular formula is C21H28BNO3. The van der Waals surface area contributed by atoms with Crippen LogP contribution in [0.2, 0.25) is 0 Å². The highest BCUT2D eigenvalue weighted by Crippen LogP contribution is 2.42. The summed E-state index contributed by atoms with van der Waals surface area (Å²) < 4.78 is 0. The highest BCUT2D eigenvalue weighted by molar-refractivity contribution is 6.59. The number of anilines is 1. The molecule has 0 spiro atoms. The number of benzene rings is 1. The van der Waals surface area contributed by atoms with Gasteiger partial charge in [-0.15, -0.1) is 0 Å². The Kier molecular flexibility index (Phi) is 5.50. The van der Waals surface area contributed by atoms with Crippen molar-refractivity contribution < 1.29 is 14.4 Å². The van der Waals surface area contributed by atoms with Gasteiger partial charge in [0.15, 0.2) is 7.85 Å². The standard InChI is InChI=1S/C21H28BNO3/c1-7-13(2)16-12-17(24)23(18(16)25)15-10-8-14(9-11-15)20(3,4)21(5,6)19(22)26/h8-11,13,16H,7,12H2,1-6H3. The predicted octanol–water partition coefficient (Wildman–Crippen LogP) is 3.61. The van der Waals surface area contributed by atoms with Gasteiger partial charge in [0.05, 0.1) is 17.3 Å². The molecule has 1 heterocycles. The molecule has 0 saturated carbocycles. The fourth-order valence-corrected chi connectivity index (χ4v) is 3.35. The van der Waals surface area contributed by atoms with Crippen molar-refractivity contribution in [3.63, 3.8) is 0 Å². The molecule has 1 aliphatic heterocycles. The van der Waals surface area contributed by atoms with Crippen LogP contribution in [0.3, 0.4) is 0 Å². The summed E-state index contributed by atoms with van der Waals surface area (Å²) in [6, 6.07) is 7.31. The lowest BCUT2D eigenvalue weighted by Crippen LogP contribution is -2.43. The minimum absolute atomic E-state index is 0.117. The van der Waals surface area contributed by atoms with E-state index in [9.17, 15) is 14.4 Å². The van der Waals surface area contributed by atoms with Crippen molar-refractivity contribution in [2.75, 3.05) is 4.90 Å². The minimum atomic E-state index is -0.741. The molecule has 26 heavy (non-hydrogen) atoms. The second-order valence-electron chi connectivity index (χ2n) is 8.42. The summed E-state index contributed by atoms with van der Waals surface area (Å²) in [4.78, 5) is 38.2. The number of carbonyl (C=O) groups is 3. The molecule has 2 amide bonds. The van der Waals surface area contributed by atoms with Gasteiger partial charge in [0, 0.05) is 17.3 Å². The number of hydrogen-bond donors (Lipinski definition) is 0. The van der Waals surface area contributed by atoms with Gasteiger partial charge in [0.1, 0.15) is 0 Å². The maximum Gasteiger partial charge on any atom is 0.237 e. The molecule has 1 fully saturated rings. The Balaban J connectivity index is 2.32. The molecule has 0 N–H and O–H groups in total. The van der Waals surface area contributed by atoms with Crippen molar-refractivity contribution >= 4 is 31.0 Å². The number of carbonyl (C=O) groups excluding carboxylic acids is 3. The lowest BCUT2D eigenvalue weighted by molar-refractivity contribution is -0.123. The van der Waals surface area contributed by atoms with Crippen molar-refractivity contribution in [3.05, 3.63) is 29.8 Å². The van der Waals surface area contributed by atoms with Crippen molar-refractivity contribution in [3.8, 4) is 0 Å². The second-order valence-corrected chi connectivity index (χ2v) is 8.42. The molecule has 4 nitrogen and oxygen atoms in total. The smallest absolute Gasteiger partial charge is 0.237 e. The van der Waals surface area contributed by atoms with E-state index in [1.165, 1.54) is 4.90 Å². The zero-order valence-corrected chi connectivity index (χ0v) is 16.6. The van der Waals surface area contributed by atoms with Crippen LogP contribution in [0.15, 0.2) is 24.3 Å². The van der Waals surface area contributed by atoms with E-state index in [-0.39, 0.29) is 35.8 Å². The lowest BCUT2D eigenvalue weighted by atomic mass is 9.58. The molecule has 1 aliphatic rings. The summed E-state index contributed by atoms with van der Waals surface area (Å²) in [5.41, 5.74) is -0.0804. The Hall–Kier alpha value is -1.91. The van der Waals surface area contributed by atoms with Gasteiger partial charge in [-0.25, -0.2) is 0 Å². The van der Waals surface area contributed by atoms with Gasteiger partial charge in [-0.05, 0) is 23.6 Å². The zero-order valence-electron chi connectivity index (χ0n) is 16.6. The number of amides is 2. The summed E-state index contributed by atoms with van der Waals surface area (Å²) in [5.74, 6) is -0.318. The first-order valence-corrected chi connectivity index (χ1v) is 9.22. The largest absolute Gasteiger partial charge is 0.312 e. The molecule has 5 heteroatoms. The Morgan fingerprint density at radius 3 is 2.19 bits per heavy atom. The van der Waals surface area contributed by atoms with Crippen molar-refractivity contribution in [2.45, 2.75) is 59.8 Å². The van der Waals surface area contributed by atoms with Crippen LogP contribution in [0.25, 0.3) is 0 Å². The van der Waals surface area contributed by atoms with E-state index in [1.807, 2.05) is 53.7 Å². The Labute approximate surface area is 157 Å². The number of nitrogens with zero attached hydrogens (tertiary/aromatic N) is 1. The zero-order chi connectivity index (χ0) is 19.9. The van der Waals surface area contributed by atoms with E-state index in [2.05, 4.69) is 0 Å². The van der Waals surface area contributed by atoms with Crippen molar-refractivity contribution in [2.24, 2.45) is 17.3 Å². The maximum absolute atomic E-state index is 12.7. The number of rotatable bonds is 6. The first kappa shape index (κ1) is 20.4. The fraction of sp³-hybridized carbons (Fsp3) is 0.571. The van der Waals surface area contributed by atoms with E-state index in [1.54, 1.807) is 12.1 Å². The van der Waals surface area contributed by atoms with Crippen molar-refractivity contribution in [1.29, 1.82) is 0 Å². The molecule has 1 saturated heterocycles. The second kappa shape index (κ2) is 7.01. The first-order valence-electron chi connectivity index (χ1n) is 9.22. The van der Waals surface area contributed by atoms with Gasteiger partial charge < -0.3 is 4.79 Å². The summed E-state index contributed by atoms with van der Waals surface area (Å²) in [6.07, 6.45) is 1.14. The van der Waals surface area contributed by atoms with Crippen LogP contribution in [-0.4, -0.2) is 25.3 Å². The van der Waals surface area contributed by atoms with Crippen LogP contribution in [0.4, 0.5) is 5.69 Å². The summed E-state index contributed by atoms with van der Waals surface area (Å²) >= 11 is 0.